The van der Waals surface area contributed by atoms with Crippen molar-refractivity contribution < 1.29 is 18.7 Å². The maximum atomic E-state index is 11.0. The highest BCUT2D eigenvalue weighted by atomic mass is 31.1. The second kappa shape index (κ2) is 5.75. The first-order valence-electron chi connectivity index (χ1n) is 3.83. The van der Waals surface area contributed by atoms with E-state index in [2.05, 4.69) is 4.52 Å². The molecule has 72 valence electrons. The van der Waals surface area contributed by atoms with Crippen molar-refractivity contribution in [3.63, 3.8) is 0 Å². The average molecular weight is 202 g/mol. The molecular weight excluding hydrogens is 191 g/mol. The Kier molecular flexibility index (Phi) is 4.54. The zero-order valence-corrected chi connectivity index (χ0v) is 7.97. The van der Waals surface area contributed by atoms with Crippen LogP contribution in [0.5, 0.6) is 5.75 Å². The number of hydrogen-bond acceptors (Lipinski definition) is 4. The molecule has 0 aromatic heterocycles. The smallest absolute Gasteiger partial charge is 0.367 e. The monoisotopic (exact) mass is 202 g/mol. The fourth-order valence-corrected chi connectivity index (χ4v) is 1.39. The molecule has 0 bridgehead atoms. The molecule has 0 aliphatic rings. The Hall–Kier alpha value is -0.830. The molecule has 4 nitrogen and oxygen atoms in total. The minimum atomic E-state index is -2.51. The van der Waals surface area contributed by atoms with E-state index < -0.39 is 8.25 Å². The SMILES string of the molecule is O=[PH](OCCO)Oc1ccccc1. The Morgan fingerprint density at radius 1 is 1.31 bits per heavy atom. The number of rotatable bonds is 5. The summed E-state index contributed by atoms with van der Waals surface area (Å²) in [5.74, 6) is 0.504. The van der Waals surface area contributed by atoms with Gasteiger partial charge in [0.2, 0.25) is 0 Å². The van der Waals surface area contributed by atoms with Crippen LogP contribution in [0.1, 0.15) is 0 Å². The van der Waals surface area contributed by atoms with Crippen LogP contribution in [0, 0.1) is 0 Å². The molecule has 0 spiro atoms. The summed E-state index contributed by atoms with van der Waals surface area (Å²) in [6.45, 7) is -0.126. The van der Waals surface area contributed by atoms with Gasteiger partial charge in [0.25, 0.3) is 0 Å². The van der Waals surface area contributed by atoms with Gasteiger partial charge in [-0.3, -0.25) is 4.52 Å². The molecule has 0 saturated carbocycles. The number of para-hydroxylation sites is 1. The van der Waals surface area contributed by atoms with E-state index in [1.807, 2.05) is 6.07 Å². The van der Waals surface area contributed by atoms with E-state index in [4.69, 9.17) is 9.63 Å². The molecule has 0 fully saturated rings. The average Bonchev–Trinajstić information content (AvgIpc) is 2.16. The molecule has 1 rings (SSSR count). The molecule has 0 radical (unpaired) electrons. The van der Waals surface area contributed by atoms with Crippen molar-refractivity contribution in [1.29, 1.82) is 0 Å². The molecule has 1 aromatic rings. The van der Waals surface area contributed by atoms with Crippen LogP contribution in [0.25, 0.3) is 0 Å². The zero-order valence-electron chi connectivity index (χ0n) is 6.97. The lowest BCUT2D eigenvalue weighted by Gasteiger charge is -2.04. The normalized spacial score (nSPS) is 12.4. The van der Waals surface area contributed by atoms with Gasteiger partial charge in [-0.15, -0.1) is 0 Å². The molecule has 0 saturated heterocycles. The number of benzene rings is 1. The first kappa shape index (κ1) is 10.3. The molecule has 1 N–H and O–H groups in total. The molecule has 1 unspecified atom stereocenters. The van der Waals surface area contributed by atoms with E-state index in [1.54, 1.807) is 24.3 Å². The third-order valence-corrected chi connectivity index (χ3v) is 2.10. The Morgan fingerprint density at radius 2 is 2.00 bits per heavy atom. The van der Waals surface area contributed by atoms with Crippen molar-refractivity contribution in [3.8, 4) is 5.75 Å². The van der Waals surface area contributed by atoms with E-state index in [0.29, 0.717) is 5.75 Å². The van der Waals surface area contributed by atoms with Crippen molar-refractivity contribution in [2.24, 2.45) is 0 Å². The van der Waals surface area contributed by atoms with Crippen LogP contribution >= 0.6 is 8.25 Å². The van der Waals surface area contributed by atoms with E-state index in [9.17, 15) is 4.57 Å². The minimum Gasteiger partial charge on any atom is -0.426 e. The van der Waals surface area contributed by atoms with E-state index in [-0.39, 0.29) is 13.2 Å². The number of hydrogen-bond donors (Lipinski definition) is 1. The van der Waals surface area contributed by atoms with Gasteiger partial charge in [0.1, 0.15) is 5.75 Å². The lowest BCUT2D eigenvalue weighted by molar-refractivity contribution is 0.195. The molecule has 0 amide bonds. The van der Waals surface area contributed by atoms with Crippen LogP contribution in [-0.4, -0.2) is 18.3 Å². The maximum Gasteiger partial charge on any atom is 0.367 e. The molecule has 5 heteroatoms. The zero-order chi connectivity index (χ0) is 9.52. The molecule has 0 aliphatic heterocycles. The van der Waals surface area contributed by atoms with Gasteiger partial charge in [0.15, 0.2) is 0 Å². The first-order valence-corrected chi connectivity index (χ1v) is 5.06. The predicted molar refractivity (Wildman–Crippen MR) is 49.1 cm³/mol. The van der Waals surface area contributed by atoms with Crippen LogP contribution in [0.15, 0.2) is 30.3 Å². The van der Waals surface area contributed by atoms with Crippen LogP contribution in [0.2, 0.25) is 0 Å². The van der Waals surface area contributed by atoms with Crippen LogP contribution in [-0.2, 0) is 9.09 Å². The van der Waals surface area contributed by atoms with E-state index >= 15 is 0 Å². The van der Waals surface area contributed by atoms with Gasteiger partial charge < -0.3 is 9.63 Å². The maximum absolute atomic E-state index is 11.0. The molecular formula is C8H11O4P. The lowest BCUT2D eigenvalue weighted by atomic mass is 10.3. The van der Waals surface area contributed by atoms with Gasteiger partial charge in [0.05, 0.1) is 13.2 Å². The van der Waals surface area contributed by atoms with Crippen LogP contribution in [0.4, 0.5) is 0 Å². The third-order valence-electron chi connectivity index (χ3n) is 1.26. The van der Waals surface area contributed by atoms with Gasteiger partial charge in [-0.2, -0.15) is 0 Å². The molecule has 1 aromatic carbocycles. The van der Waals surface area contributed by atoms with Gasteiger partial charge in [-0.25, -0.2) is 4.57 Å². The minimum absolute atomic E-state index is 0.0324. The summed E-state index contributed by atoms with van der Waals surface area (Å²) in [4.78, 5) is 0. The molecule has 1 atom stereocenters. The summed E-state index contributed by atoms with van der Waals surface area (Å²) in [7, 11) is -2.51. The van der Waals surface area contributed by atoms with Gasteiger partial charge in [-0.1, -0.05) is 18.2 Å². The summed E-state index contributed by atoms with van der Waals surface area (Å²) in [6.07, 6.45) is 0. The largest absolute Gasteiger partial charge is 0.426 e. The first-order chi connectivity index (χ1) is 6.33. The van der Waals surface area contributed by atoms with Crippen LogP contribution < -0.4 is 4.52 Å². The van der Waals surface area contributed by atoms with Gasteiger partial charge in [0, 0.05) is 0 Å². The Balaban J connectivity index is 2.37. The Morgan fingerprint density at radius 3 is 2.62 bits per heavy atom. The van der Waals surface area contributed by atoms with Crippen LogP contribution in [0.3, 0.4) is 0 Å². The van der Waals surface area contributed by atoms with Crippen molar-refractivity contribution in [2.75, 3.05) is 13.2 Å². The Bertz CT molecular complexity index is 262. The molecule has 0 aliphatic carbocycles. The summed E-state index contributed by atoms with van der Waals surface area (Å²) in [5.41, 5.74) is 0. The highest BCUT2D eigenvalue weighted by molar-refractivity contribution is 7.33. The summed E-state index contributed by atoms with van der Waals surface area (Å²) < 4.78 is 20.6. The highest BCUT2D eigenvalue weighted by Crippen LogP contribution is 2.26. The molecule has 0 heterocycles. The van der Waals surface area contributed by atoms with E-state index in [0.717, 1.165) is 0 Å². The molecule has 13 heavy (non-hydrogen) atoms. The lowest BCUT2D eigenvalue weighted by Crippen LogP contribution is -1.94. The van der Waals surface area contributed by atoms with E-state index in [1.165, 1.54) is 0 Å². The summed E-state index contributed by atoms with van der Waals surface area (Å²) in [6, 6.07) is 8.75. The fourth-order valence-electron chi connectivity index (χ4n) is 0.743. The van der Waals surface area contributed by atoms with Crippen molar-refractivity contribution in [3.05, 3.63) is 30.3 Å². The standard InChI is InChI=1S/C8H11O4P/c9-6-7-11-13(10)12-8-4-2-1-3-5-8/h1-5,9,13H,6-7H2. The van der Waals surface area contributed by atoms with Gasteiger partial charge >= 0.3 is 8.25 Å². The summed E-state index contributed by atoms with van der Waals surface area (Å²) in [5, 5.41) is 8.38. The quantitative estimate of drug-likeness (QED) is 0.734. The van der Waals surface area contributed by atoms with Crippen molar-refractivity contribution in [1.82, 2.24) is 0 Å². The predicted octanol–water partition coefficient (Wildman–Crippen LogP) is 1.46. The van der Waals surface area contributed by atoms with Crippen molar-refractivity contribution >= 4 is 8.25 Å². The second-order valence-corrected chi connectivity index (χ2v) is 3.23. The fraction of sp³-hybridized carbons (Fsp3) is 0.250. The highest BCUT2D eigenvalue weighted by Gasteiger charge is 1.99. The number of aliphatic hydroxyl groups is 1. The number of aliphatic hydroxyl groups excluding tert-OH is 1. The van der Waals surface area contributed by atoms with Gasteiger partial charge in [-0.05, 0) is 12.1 Å². The second-order valence-electron chi connectivity index (χ2n) is 2.24. The topological polar surface area (TPSA) is 55.8 Å². The third kappa shape index (κ3) is 4.08. The van der Waals surface area contributed by atoms with Crippen molar-refractivity contribution in [2.45, 2.75) is 0 Å². The summed E-state index contributed by atoms with van der Waals surface area (Å²) >= 11 is 0. The Labute approximate surface area is 77.1 Å².